The molecule has 0 radical (unpaired) electrons. The molecule has 2 N–H and O–H groups in total. The van der Waals surface area contributed by atoms with Crippen molar-refractivity contribution < 1.29 is 18.7 Å². The Bertz CT molecular complexity index is 656. The van der Waals surface area contributed by atoms with Gasteiger partial charge in [-0.3, -0.25) is 5.32 Å². The van der Waals surface area contributed by atoms with Crippen LogP contribution in [0.1, 0.15) is 17.4 Å². The first-order chi connectivity index (χ1) is 10.1. The Balaban J connectivity index is 1.95. The minimum absolute atomic E-state index is 0.0186. The molecule has 0 unspecified atom stereocenters. The third kappa shape index (κ3) is 4.22. The number of ether oxygens (including phenoxy) is 1. The maximum atomic E-state index is 11.7. The van der Waals surface area contributed by atoms with Crippen molar-refractivity contribution in [2.75, 3.05) is 17.2 Å². The van der Waals surface area contributed by atoms with E-state index in [-0.39, 0.29) is 18.3 Å². The van der Waals surface area contributed by atoms with E-state index in [1.165, 1.54) is 0 Å². The average Bonchev–Trinajstić information content (AvgIpc) is 2.87. The molecule has 0 aliphatic carbocycles. The zero-order chi connectivity index (χ0) is 15.2. The third-order valence-electron chi connectivity index (χ3n) is 2.29. The van der Waals surface area contributed by atoms with E-state index in [1.54, 1.807) is 31.2 Å². The number of anilines is 2. The summed E-state index contributed by atoms with van der Waals surface area (Å²) in [5.41, 5.74) is 0.493. The Labute approximate surface area is 125 Å². The van der Waals surface area contributed by atoms with Crippen LogP contribution in [0.2, 0.25) is 5.02 Å². The van der Waals surface area contributed by atoms with Gasteiger partial charge in [-0.15, -0.1) is 0 Å². The van der Waals surface area contributed by atoms with E-state index >= 15 is 0 Å². The van der Waals surface area contributed by atoms with Crippen LogP contribution in [0.25, 0.3) is 0 Å². The maximum absolute atomic E-state index is 11.7. The number of aromatic nitrogens is 1. The van der Waals surface area contributed by atoms with Crippen molar-refractivity contribution in [2.45, 2.75) is 6.92 Å². The molecule has 0 fully saturated rings. The number of hydrogen-bond acceptors (Lipinski definition) is 5. The number of halogens is 1. The summed E-state index contributed by atoms with van der Waals surface area (Å²) >= 11 is 5.80. The zero-order valence-electron chi connectivity index (χ0n) is 11.1. The van der Waals surface area contributed by atoms with Crippen LogP contribution in [0.4, 0.5) is 16.5 Å². The number of nitrogens with zero attached hydrogens (tertiary/aromatic N) is 1. The van der Waals surface area contributed by atoms with Gasteiger partial charge in [0.2, 0.25) is 0 Å². The number of rotatable bonds is 4. The first-order valence-corrected chi connectivity index (χ1v) is 6.42. The van der Waals surface area contributed by atoms with E-state index < -0.39 is 12.0 Å². The molecule has 0 saturated carbocycles. The van der Waals surface area contributed by atoms with Gasteiger partial charge in [0.1, 0.15) is 6.26 Å². The molecule has 2 aromatic rings. The SMILES string of the molecule is CCOC(=O)c1coc(NC(=O)Nc2cccc(Cl)c2)n1. The summed E-state index contributed by atoms with van der Waals surface area (Å²) in [4.78, 5) is 26.9. The summed E-state index contributed by atoms with van der Waals surface area (Å²) in [6, 6.07) is 5.95. The fraction of sp³-hybridized carbons (Fsp3) is 0.154. The third-order valence-corrected chi connectivity index (χ3v) is 2.53. The summed E-state index contributed by atoms with van der Waals surface area (Å²) in [7, 11) is 0. The van der Waals surface area contributed by atoms with Crippen LogP contribution in [0.5, 0.6) is 0 Å². The Kier molecular flexibility index (Phi) is 4.78. The number of nitrogens with one attached hydrogen (secondary N) is 2. The molecule has 0 saturated heterocycles. The largest absolute Gasteiger partial charge is 0.461 e. The fourth-order valence-electron chi connectivity index (χ4n) is 1.46. The average molecular weight is 310 g/mol. The first kappa shape index (κ1) is 14.9. The van der Waals surface area contributed by atoms with Gasteiger partial charge < -0.3 is 14.5 Å². The van der Waals surface area contributed by atoms with Gasteiger partial charge in [-0.05, 0) is 25.1 Å². The van der Waals surface area contributed by atoms with Gasteiger partial charge in [0.05, 0.1) is 6.61 Å². The van der Waals surface area contributed by atoms with Crippen LogP contribution < -0.4 is 10.6 Å². The molecule has 1 aromatic carbocycles. The quantitative estimate of drug-likeness (QED) is 0.846. The molecule has 0 bridgehead atoms. The van der Waals surface area contributed by atoms with Gasteiger partial charge in [-0.25, -0.2) is 9.59 Å². The molecule has 7 nitrogen and oxygen atoms in total. The van der Waals surface area contributed by atoms with Gasteiger partial charge in [-0.1, -0.05) is 17.7 Å². The summed E-state index contributed by atoms with van der Waals surface area (Å²) in [6.07, 6.45) is 1.10. The van der Waals surface area contributed by atoms with Crippen molar-refractivity contribution in [3.05, 3.63) is 41.2 Å². The van der Waals surface area contributed by atoms with Gasteiger partial charge in [0.25, 0.3) is 0 Å². The highest BCUT2D eigenvalue weighted by Gasteiger charge is 2.14. The number of esters is 1. The maximum Gasteiger partial charge on any atom is 0.360 e. The Morgan fingerprint density at radius 1 is 1.38 bits per heavy atom. The highest BCUT2D eigenvalue weighted by atomic mass is 35.5. The van der Waals surface area contributed by atoms with Crippen molar-refractivity contribution in [2.24, 2.45) is 0 Å². The minimum Gasteiger partial charge on any atom is -0.461 e. The smallest absolute Gasteiger partial charge is 0.360 e. The van der Waals surface area contributed by atoms with E-state index in [0.717, 1.165) is 6.26 Å². The Morgan fingerprint density at radius 2 is 2.19 bits per heavy atom. The van der Waals surface area contributed by atoms with Crippen LogP contribution in [0, 0.1) is 0 Å². The molecular weight excluding hydrogens is 298 g/mol. The van der Waals surface area contributed by atoms with E-state index in [9.17, 15) is 9.59 Å². The lowest BCUT2D eigenvalue weighted by atomic mass is 10.3. The number of benzene rings is 1. The van der Waals surface area contributed by atoms with E-state index in [2.05, 4.69) is 15.6 Å². The monoisotopic (exact) mass is 309 g/mol. The topological polar surface area (TPSA) is 93.5 Å². The summed E-state index contributed by atoms with van der Waals surface area (Å²) < 4.78 is 9.70. The molecule has 8 heteroatoms. The second-order valence-electron chi connectivity index (χ2n) is 3.85. The zero-order valence-corrected chi connectivity index (χ0v) is 11.8. The molecular formula is C13H12ClN3O4. The van der Waals surface area contributed by atoms with E-state index in [4.69, 9.17) is 20.8 Å². The number of oxazole rings is 1. The lowest BCUT2D eigenvalue weighted by Crippen LogP contribution is -2.19. The van der Waals surface area contributed by atoms with Crippen molar-refractivity contribution in [3.8, 4) is 0 Å². The van der Waals surface area contributed by atoms with Crippen molar-refractivity contribution in [1.82, 2.24) is 4.98 Å². The predicted octanol–water partition coefficient (Wildman–Crippen LogP) is 3.15. The van der Waals surface area contributed by atoms with Crippen LogP contribution >= 0.6 is 11.6 Å². The van der Waals surface area contributed by atoms with Gasteiger partial charge in [-0.2, -0.15) is 4.98 Å². The highest BCUT2D eigenvalue weighted by molar-refractivity contribution is 6.30. The number of carbonyl (C=O) groups excluding carboxylic acids is 2. The lowest BCUT2D eigenvalue weighted by Gasteiger charge is -2.04. The Hall–Kier alpha value is -2.54. The predicted molar refractivity (Wildman–Crippen MR) is 76.6 cm³/mol. The molecule has 0 atom stereocenters. The van der Waals surface area contributed by atoms with Crippen molar-refractivity contribution in [1.29, 1.82) is 0 Å². The fourth-order valence-corrected chi connectivity index (χ4v) is 1.65. The normalized spacial score (nSPS) is 10.0. The molecule has 1 heterocycles. The van der Waals surface area contributed by atoms with Gasteiger partial charge in [0, 0.05) is 10.7 Å². The van der Waals surface area contributed by atoms with Crippen LogP contribution in [-0.2, 0) is 4.74 Å². The summed E-state index contributed by atoms with van der Waals surface area (Å²) in [6.45, 7) is 1.90. The molecule has 2 rings (SSSR count). The molecule has 110 valence electrons. The summed E-state index contributed by atoms with van der Waals surface area (Å²) in [5.74, 6) is -0.621. The first-order valence-electron chi connectivity index (χ1n) is 6.04. The molecule has 21 heavy (non-hydrogen) atoms. The number of amides is 2. The number of urea groups is 1. The van der Waals surface area contributed by atoms with Crippen molar-refractivity contribution in [3.63, 3.8) is 0 Å². The number of hydrogen-bond donors (Lipinski definition) is 2. The Morgan fingerprint density at radius 3 is 2.90 bits per heavy atom. The van der Waals surface area contributed by atoms with Gasteiger partial charge >= 0.3 is 18.0 Å². The van der Waals surface area contributed by atoms with Crippen LogP contribution in [-0.4, -0.2) is 23.6 Å². The standard InChI is InChI=1S/C13H12ClN3O4/c1-2-20-11(18)10-7-21-13(16-10)17-12(19)15-9-5-3-4-8(14)6-9/h3-7H,2H2,1H3,(H2,15,16,17,19). The van der Waals surface area contributed by atoms with E-state index in [0.29, 0.717) is 10.7 Å². The van der Waals surface area contributed by atoms with Crippen LogP contribution in [0.15, 0.2) is 34.9 Å². The highest BCUT2D eigenvalue weighted by Crippen LogP contribution is 2.15. The van der Waals surface area contributed by atoms with Gasteiger partial charge in [0.15, 0.2) is 5.69 Å². The molecule has 0 aliphatic heterocycles. The second-order valence-corrected chi connectivity index (χ2v) is 4.28. The molecule has 2 amide bonds. The van der Waals surface area contributed by atoms with Crippen LogP contribution in [0.3, 0.4) is 0 Å². The summed E-state index contributed by atoms with van der Waals surface area (Å²) in [5, 5.41) is 5.39. The number of carbonyl (C=O) groups is 2. The van der Waals surface area contributed by atoms with E-state index in [1.807, 2.05) is 0 Å². The lowest BCUT2D eigenvalue weighted by molar-refractivity contribution is 0.0519. The molecule has 0 aliphatic rings. The second kappa shape index (κ2) is 6.76. The minimum atomic E-state index is -0.621. The molecule has 0 spiro atoms. The van der Waals surface area contributed by atoms with Crippen molar-refractivity contribution >= 4 is 35.3 Å². The molecule has 1 aromatic heterocycles.